The van der Waals surface area contributed by atoms with Crippen molar-refractivity contribution < 1.29 is 9.59 Å². The molecule has 2 amide bonds. The number of carbonyl (C=O) groups excluding carboxylic acids is 2. The van der Waals surface area contributed by atoms with Crippen molar-refractivity contribution in [3.8, 4) is 0 Å². The van der Waals surface area contributed by atoms with E-state index >= 15 is 0 Å². The molecule has 0 aliphatic rings. The highest BCUT2D eigenvalue weighted by Crippen LogP contribution is 2.15. The van der Waals surface area contributed by atoms with E-state index in [9.17, 15) is 9.59 Å². The van der Waals surface area contributed by atoms with Gasteiger partial charge in [-0.1, -0.05) is 18.2 Å². The zero-order chi connectivity index (χ0) is 16.7. The Balaban J connectivity index is 2.06. The molecule has 0 atom stereocenters. The van der Waals surface area contributed by atoms with Crippen LogP contribution < -0.4 is 5.32 Å². The third-order valence-electron chi connectivity index (χ3n) is 3.12. The first-order valence-electron chi connectivity index (χ1n) is 7.11. The van der Waals surface area contributed by atoms with Crippen LogP contribution in [0.15, 0.2) is 67.1 Å². The second kappa shape index (κ2) is 8.10. The van der Waals surface area contributed by atoms with Crippen molar-refractivity contribution in [1.29, 1.82) is 0 Å². The summed E-state index contributed by atoms with van der Waals surface area (Å²) in [5.74, 6) is -0.250. The van der Waals surface area contributed by atoms with Crippen molar-refractivity contribution in [1.82, 2.24) is 4.90 Å². The molecule has 0 aliphatic carbocycles. The summed E-state index contributed by atoms with van der Waals surface area (Å²) in [7, 11) is 0. The van der Waals surface area contributed by atoms with Gasteiger partial charge in [0.15, 0.2) is 0 Å². The van der Waals surface area contributed by atoms with Gasteiger partial charge in [-0.25, -0.2) is 0 Å². The maximum absolute atomic E-state index is 12.4. The van der Waals surface area contributed by atoms with E-state index in [0.29, 0.717) is 29.2 Å². The molecule has 2 aromatic rings. The quantitative estimate of drug-likeness (QED) is 0.787. The molecule has 5 heteroatoms. The molecule has 0 aliphatic heterocycles. The topological polar surface area (TPSA) is 49.4 Å². The Hall–Kier alpha value is -2.66. The van der Waals surface area contributed by atoms with Crippen molar-refractivity contribution in [2.45, 2.75) is 0 Å². The predicted octanol–water partition coefficient (Wildman–Crippen LogP) is 3.81. The zero-order valence-corrected chi connectivity index (χ0v) is 13.5. The molecule has 1 aromatic heterocycles. The molecule has 23 heavy (non-hydrogen) atoms. The number of amides is 2. The summed E-state index contributed by atoms with van der Waals surface area (Å²) in [6.45, 7) is 8.23. The summed E-state index contributed by atoms with van der Waals surface area (Å²) in [5.41, 5.74) is 1.21. The van der Waals surface area contributed by atoms with Crippen LogP contribution in [-0.4, -0.2) is 29.8 Å². The van der Waals surface area contributed by atoms with Gasteiger partial charge in [0, 0.05) is 24.3 Å². The highest BCUT2D eigenvalue weighted by Gasteiger charge is 2.13. The summed E-state index contributed by atoms with van der Waals surface area (Å²) in [5, 5.41) is 4.66. The van der Waals surface area contributed by atoms with Crippen molar-refractivity contribution in [2.24, 2.45) is 0 Å². The molecular weight excluding hydrogens is 308 g/mol. The normalized spacial score (nSPS) is 9.91. The Morgan fingerprint density at radius 2 is 1.74 bits per heavy atom. The first-order valence-corrected chi connectivity index (χ1v) is 7.99. The predicted molar refractivity (Wildman–Crippen MR) is 95.0 cm³/mol. The van der Waals surface area contributed by atoms with E-state index in [1.165, 1.54) is 11.3 Å². The lowest BCUT2D eigenvalue weighted by molar-refractivity contribution is 0.0790. The van der Waals surface area contributed by atoms with Gasteiger partial charge in [-0.05, 0) is 35.7 Å². The third kappa shape index (κ3) is 4.40. The zero-order valence-electron chi connectivity index (χ0n) is 12.7. The van der Waals surface area contributed by atoms with Crippen LogP contribution >= 0.6 is 11.3 Å². The smallest absolute Gasteiger partial charge is 0.265 e. The Morgan fingerprint density at radius 1 is 1.09 bits per heavy atom. The Bertz CT molecular complexity index is 680. The van der Waals surface area contributed by atoms with Crippen molar-refractivity contribution in [2.75, 3.05) is 18.4 Å². The van der Waals surface area contributed by atoms with Crippen LogP contribution in [0.25, 0.3) is 0 Å². The van der Waals surface area contributed by atoms with E-state index in [-0.39, 0.29) is 11.8 Å². The van der Waals surface area contributed by atoms with Gasteiger partial charge in [-0.15, -0.1) is 24.5 Å². The molecule has 2 rings (SSSR count). The van der Waals surface area contributed by atoms with Crippen LogP contribution in [0.3, 0.4) is 0 Å². The Morgan fingerprint density at radius 3 is 2.26 bits per heavy atom. The van der Waals surface area contributed by atoms with Gasteiger partial charge < -0.3 is 10.2 Å². The highest BCUT2D eigenvalue weighted by molar-refractivity contribution is 7.12. The lowest BCUT2D eigenvalue weighted by atomic mass is 10.1. The number of nitrogens with one attached hydrogen (secondary N) is 1. The van der Waals surface area contributed by atoms with Gasteiger partial charge in [0.25, 0.3) is 11.8 Å². The lowest BCUT2D eigenvalue weighted by Crippen LogP contribution is -2.31. The van der Waals surface area contributed by atoms with E-state index in [1.807, 2.05) is 11.4 Å². The Kier molecular flexibility index (Phi) is 5.88. The fraction of sp³-hybridized carbons (Fsp3) is 0.111. The fourth-order valence-corrected chi connectivity index (χ4v) is 2.65. The highest BCUT2D eigenvalue weighted by atomic mass is 32.1. The molecule has 0 saturated carbocycles. The number of anilines is 1. The van der Waals surface area contributed by atoms with Gasteiger partial charge >= 0.3 is 0 Å². The monoisotopic (exact) mass is 326 g/mol. The Labute approximate surface area is 139 Å². The van der Waals surface area contributed by atoms with Crippen LogP contribution in [0.5, 0.6) is 0 Å². The van der Waals surface area contributed by atoms with E-state index < -0.39 is 0 Å². The largest absolute Gasteiger partial charge is 0.331 e. The minimum absolute atomic E-state index is 0.0964. The molecule has 0 fully saturated rings. The van der Waals surface area contributed by atoms with Crippen LogP contribution in [0, 0.1) is 0 Å². The maximum atomic E-state index is 12.4. The molecule has 1 heterocycles. The first-order chi connectivity index (χ1) is 11.2. The molecular formula is C18H18N2O2S. The standard InChI is InChI=1S/C18H18N2O2S/c1-3-11-20(12-4-2)18(22)14-7-9-15(10-8-14)19-17(21)16-6-5-13-23-16/h3-10,13H,1-2,11-12H2,(H,19,21). The molecule has 0 radical (unpaired) electrons. The van der Waals surface area contributed by atoms with Gasteiger partial charge in [0.2, 0.25) is 0 Å². The van der Waals surface area contributed by atoms with Gasteiger partial charge in [0.05, 0.1) is 4.88 Å². The first kappa shape index (κ1) is 16.7. The average molecular weight is 326 g/mol. The molecule has 1 aromatic carbocycles. The van der Waals surface area contributed by atoms with Gasteiger partial charge in [-0.2, -0.15) is 0 Å². The van der Waals surface area contributed by atoms with Crippen LogP contribution in [0.1, 0.15) is 20.0 Å². The average Bonchev–Trinajstić information content (AvgIpc) is 3.09. The van der Waals surface area contributed by atoms with Gasteiger partial charge in [0.1, 0.15) is 0 Å². The SMILES string of the molecule is C=CCN(CC=C)C(=O)c1ccc(NC(=O)c2cccs2)cc1. The van der Waals surface area contributed by atoms with Crippen LogP contribution in [0.4, 0.5) is 5.69 Å². The summed E-state index contributed by atoms with van der Waals surface area (Å²) in [6.07, 6.45) is 3.36. The van der Waals surface area contributed by atoms with E-state index in [4.69, 9.17) is 0 Å². The van der Waals surface area contributed by atoms with Crippen molar-refractivity contribution in [3.63, 3.8) is 0 Å². The number of carbonyl (C=O) groups is 2. The molecule has 0 saturated heterocycles. The third-order valence-corrected chi connectivity index (χ3v) is 3.99. The fourth-order valence-electron chi connectivity index (χ4n) is 2.03. The number of rotatable bonds is 7. The maximum Gasteiger partial charge on any atom is 0.265 e. The summed E-state index contributed by atoms with van der Waals surface area (Å²) in [4.78, 5) is 26.6. The minimum Gasteiger partial charge on any atom is -0.331 e. The molecule has 0 spiro atoms. The molecule has 0 unspecified atom stereocenters. The van der Waals surface area contributed by atoms with E-state index in [0.717, 1.165) is 0 Å². The number of nitrogens with zero attached hydrogens (tertiary/aromatic N) is 1. The van der Waals surface area contributed by atoms with Crippen LogP contribution in [0.2, 0.25) is 0 Å². The molecule has 4 nitrogen and oxygen atoms in total. The summed E-state index contributed by atoms with van der Waals surface area (Å²) < 4.78 is 0. The second-order valence-electron chi connectivity index (χ2n) is 4.80. The molecule has 0 bridgehead atoms. The minimum atomic E-state index is -0.154. The van der Waals surface area contributed by atoms with Crippen molar-refractivity contribution >= 4 is 28.8 Å². The molecule has 1 N–H and O–H groups in total. The van der Waals surface area contributed by atoms with E-state index in [1.54, 1.807) is 47.4 Å². The molecule has 118 valence electrons. The van der Waals surface area contributed by atoms with E-state index in [2.05, 4.69) is 18.5 Å². The van der Waals surface area contributed by atoms with Gasteiger partial charge in [-0.3, -0.25) is 9.59 Å². The lowest BCUT2D eigenvalue weighted by Gasteiger charge is -2.19. The summed E-state index contributed by atoms with van der Waals surface area (Å²) in [6, 6.07) is 10.4. The van der Waals surface area contributed by atoms with Crippen molar-refractivity contribution in [3.05, 3.63) is 77.5 Å². The number of thiophene rings is 1. The number of benzene rings is 1. The number of hydrogen-bond donors (Lipinski definition) is 1. The summed E-state index contributed by atoms with van der Waals surface area (Å²) >= 11 is 1.38. The number of hydrogen-bond acceptors (Lipinski definition) is 3. The van der Waals surface area contributed by atoms with Crippen LogP contribution in [-0.2, 0) is 0 Å². The second-order valence-corrected chi connectivity index (χ2v) is 5.74.